The van der Waals surface area contributed by atoms with Gasteiger partial charge in [0.15, 0.2) is 11.5 Å². The molecule has 0 saturated heterocycles. The van der Waals surface area contributed by atoms with E-state index < -0.39 is 15.9 Å². The molecule has 0 heterocycles. The van der Waals surface area contributed by atoms with Gasteiger partial charge in [0, 0.05) is 6.54 Å². The van der Waals surface area contributed by atoms with E-state index in [9.17, 15) is 13.2 Å². The maximum atomic E-state index is 13.5. The lowest BCUT2D eigenvalue weighted by molar-refractivity contribution is -0.119. The molecule has 192 valence electrons. The zero-order chi connectivity index (χ0) is 26.1. The van der Waals surface area contributed by atoms with Gasteiger partial charge in [-0.1, -0.05) is 30.3 Å². The molecule has 0 fully saturated rings. The second-order valence-corrected chi connectivity index (χ2v) is 10.0. The van der Waals surface area contributed by atoms with Crippen LogP contribution in [0.5, 0.6) is 17.2 Å². The monoisotopic (exact) mass is 512 g/mol. The van der Waals surface area contributed by atoms with E-state index in [0.717, 1.165) is 15.4 Å². The number of rotatable bonds is 12. The van der Waals surface area contributed by atoms with Crippen molar-refractivity contribution in [2.45, 2.75) is 24.7 Å². The molecule has 0 aliphatic carbocycles. The molecule has 3 aromatic carbocycles. The highest BCUT2D eigenvalue weighted by molar-refractivity contribution is 7.92. The van der Waals surface area contributed by atoms with Crippen LogP contribution in [0.2, 0.25) is 0 Å². The lowest BCUT2D eigenvalue weighted by Crippen LogP contribution is -2.41. The largest absolute Gasteiger partial charge is 0.495 e. The van der Waals surface area contributed by atoms with Gasteiger partial charge in [0.1, 0.15) is 12.3 Å². The molecule has 3 aromatic rings. The molecule has 1 amide bonds. The highest BCUT2D eigenvalue weighted by atomic mass is 32.2. The second kappa shape index (κ2) is 12.3. The average molecular weight is 513 g/mol. The first-order chi connectivity index (χ1) is 17.3. The highest BCUT2D eigenvalue weighted by Gasteiger charge is 2.29. The summed E-state index contributed by atoms with van der Waals surface area (Å²) in [5, 5.41) is 2.84. The number of carbonyl (C=O) groups is 1. The van der Waals surface area contributed by atoms with Crippen LogP contribution in [-0.2, 0) is 21.2 Å². The minimum atomic E-state index is -4.02. The molecule has 0 saturated carbocycles. The van der Waals surface area contributed by atoms with Gasteiger partial charge in [-0.2, -0.15) is 0 Å². The number of anilines is 1. The number of nitrogens with zero attached hydrogens (tertiary/aromatic N) is 1. The van der Waals surface area contributed by atoms with Crippen molar-refractivity contribution in [3.63, 3.8) is 0 Å². The van der Waals surface area contributed by atoms with Crippen LogP contribution in [0.25, 0.3) is 0 Å². The third-order valence-electron chi connectivity index (χ3n) is 5.63. The number of hydrogen-bond acceptors (Lipinski definition) is 6. The summed E-state index contributed by atoms with van der Waals surface area (Å²) >= 11 is 0. The number of carbonyl (C=O) groups excluding carboxylic acids is 1. The second-order valence-electron chi connectivity index (χ2n) is 8.14. The van der Waals surface area contributed by atoms with Crippen LogP contribution in [0.15, 0.2) is 71.6 Å². The first-order valence-electron chi connectivity index (χ1n) is 11.5. The minimum Gasteiger partial charge on any atom is -0.495 e. The Balaban J connectivity index is 1.73. The molecule has 8 nitrogen and oxygen atoms in total. The summed E-state index contributed by atoms with van der Waals surface area (Å²) in [6.07, 6.45) is 1.37. The minimum absolute atomic E-state index is 0.0924. The Labute approximate surface area is 212 Å². The van der Waals surface area contributed by atoms with Crippen LogP contribution in [0.3, 0.4) is 0 Å². The number of sulfonamides is 1. The van der Waals surface area contributed by atoms with Crippen LogP contribution in [0, 0.1) is 6.92 Å². The predicted molar refractivity (Wildman–Crippen MR) is 140 cm³/mol. The number of hydrogen-bond donors (Lipinski definition) is 1. The highest BCUT2D eigenvalue weighted by Crippen LogP contribution is 2.33. The quantitative estimate of drug-likeness (QED) is 0.369. The Morgan fingerprint density at radius 3 is 2.19 bits per heavy atom. The lowest BCUT2D eigenvalue weighted by atomic mass is 10.1. The molecule has 0 bridgehead atoms. The smallest absolute Gasteiger partial charge is 0.264 e. The summed E-state index contributed by atoms with van der Waals surface area (Å²) in [7, 11) is 0.616. The average Bonchev–Trinajstić information content (AvgIpc) is 2.90. The molecule has 0 aliphatic rings. The van der Waals surface area contributed by atoms with Gasteiger partial charge in [-0.25, -0.2) is 8.42 Å². The van der Waals surface area contributed by atoms with E-state index in [1.807, 2.05) is 31.2 Å². The van der Waals surface area contributed by atoms with Gasteiger partial charge in [-0.3, -0.25) is 9.10 Å². The van der Waals surface area contributed by atoms with E-state index in [2.05, 4.69) is 5.32 Å². The number of benzene rings is 3. The van der Waals surface area contributed by atoms with Crippen molar-refractivity contribution in [2.24, 2.45) is 0 Å². The summed E-state index contributed by atoms with van der Waals surface area (Å²) in [5.41, 5.74) is 2.19. The van der Waals surface area contributed by atoms with Gasteiger partial charge in [0.05, 0.1) is 31.9 Å². The predicted octanol–water partition coefficient (Wildman–Crippen LogP) is 3.97. The van der Waals surface area contributed by atoms with Gasteiger partial charge in [-0.15, -0.1) is 0 Å². The Morgan fingerprint density at radius 2 is 1.53 bits per heavy atom. The van der Waals surface area contributed by atoms with E-state index >= 15 is 0 Å². The van der Waals surface area contributed by atoms with Crippen molar-refractivity contribution in [3.8, 4) is 17.2 Å². The molecule has 36 heavy (non-hydrogen) atoms. The molecule has 0 radical (unpaired) electrons. The first kappa shape index (κ1) is 26.9. The third-order valence-corrected chi connectivity index (χ3v) is 7.41. The van der Waals surface area contributed by atoms with Crippen LogP contribution < -0.4 is 23.8 Å². The SMILES string of the molecule is COc1ccc(CCCNC(=O)CN(c2cc(C)ccc2OC)S(=O)(=O)c2ccccc2)cc1OC. The van der Waals surface area contributed by atoms with Crippen LogP contribution >= 0.6 is 0 Å². The van der Waals surface area contributed by atoms with Crippen molar-refractivity contribution >= 4 is 21.6 Å². The Hall–Kier alpha value is -3.72. The molecule has 0 unspecified atom stereocenters. The Bertz CT molecular complexity index is 1280. The lowest BCUT2D eigenvalue weighted by Gasteiger charge is -2.26. The van der Waals surface area contributed by atoms with Crippen molar-refractivity contribution < 1.29 is 27.4 Å². The molecule has 3 rings (SSSR count). The van der Waals surface area contributed by atoms with Crippen LogP contribution in [0.4, 0.5) is 5.69 Å². The maximum Gasteiger partial charge on any atom is 0.264 e. The number of ether oxygens (including phenoxy) is 3. The number of methoxy groups -OCH3 is 3. The molecule has 0 spiro atoms. The van der Waals surface area contributed by atoms with E-state index in [0.29, 0.717) is 42.3 Å². The Kier molecular flexibility index (Phi) is 9.19. The normalized spacial score (nSPS) is 11.0. The van der Waals surface area contributed by atoms with E-state index in [-0.39, 0.29) is 11.4 Å². The van der Waals surface area contributed by atoms with Crippen molar-refractivity contribution in [2.75, 3.05) is 38.7 Å². The summed E-state index contributed by atoms with van der Waals surface area (Å²) in [6.45, 7) is 1.86. The van der Waals surface area contributed by atoms with E-state index in [1.54, 1.807) is 44.6 Å². The third kappa shape index (κ3) is 6.48. The Morgan fingerprint density at radius 1 is 0.861 bits per heavy atom. The van der Waals surface area contributed by atoms with E-state index in [4.69, 9.17) is 14.2 Å². The fraction of sp³-hybridized carbons (Fsp3) is 0.296. The van der Waals surface area contributed by atoms with E-state index in [1.165, 1.54) is 19.2 Å². The van der Waals surface area contributed by atoms with Crippen LogP contribution in [0.1, 0.15) is 17.5 Å². The molecule has 9 heteroatoms. The molecule has 0 aliphatic heterocycles. The summed E-state index contributed by atoms with van der Waals surface area (Å²) in [6, 6.07) is 18.9. The van der Waals surface area contributed by atoms with Crippen molar-refractivity contribution in [1.29, 1.82) is 0 Å². The van der Waals surface area contributed by atoms with Gasteiger partial charge >= 0.3 is 0 Å². The number of amides is 1. The fourth-order valence-corrected chi connectivity index (χ4v) is 5.20. The maximum absolute atomic E-state index is 13.5. The van der Waals surface area contributed by atoms with Crippen LogP contribution in [-0.4, -0.2) is 48.7 Å². The van der Waals surface area contributed by atoms with Gasteiger partial charge < -0.3 is 19.5 Å². The van der Waals surface area contributed by atoms with Gasteiger partial charge in [-0.05, 0) is 67.3 Å². The zero-order valence-electron chi connectivity index (χ0n) is 21.0. The van der Waals surface area contributed by atoms with Gasteiger partial charge in [0.25, 0.3) is 10.0 Å². The fourth-order valence-electron chi connectivity index (χ4n) is 3.76. The molecular weight excluding hydrogens is 480 g/mol. The molecule has 1 N–H and O–H groups in total. The number of nitrogens with one attached hydrogen (secondary N) is 1. The molecular formula is C27H32N2O6S. The van der Waals surface area contributed by atoms with Gasteiger partial charge in [0.2, 0.25) is 5.91 Å². The number of aryl methyl sites for hydroxylation is 2. The topological polar surface area (TPSA) is 94.2 Å². The molecule has 0 aromatic heterocycles. The summed E-state index contributed by atoms with van der Waals surface area (Å²) < 4.78 is 44.2. The summed E-state index contributed by atoms with van der Waals surface area (Å²) in [4.78, 5) is 13.0. The first-order valence-corrected chi connectivity index (χ1v) is 12.9. The zero-order valence-corrected chi connectivity index (χ0v) is 21.8. The molecule has 0 atom stereocenters. The van der Waals surface area contributed by atoms with Crippen molar-refractivity contribution in [3.05, 3.63) is 77.9 Å². The van der Waals surface area contributed by atoms with Crippen molar-refractivity contribution in [1.82, 2.24) is 5.32 Å². The standard InChI is InChI=1S/C27H32N2O6S/c1-20-12-14-24(33-2)23(17-20)29(36(31,32)22-10-6-5-7-11-22)19-27(30)28-16-8-9-21-13-15-25(34-3)26(18-21)35-4/h5-7,10-15,17-18H,8-9,16,19H2,1-4H3,(H,28,30). The summed E-state index contributed by atoms with van der Waals surface area (Å²) in [5.74, 6) is 1.25.